The first kappa shape index (κ1) is 16.3. The lowest BCUT2D eigenvalue weighted by Crippen LogP contribution is -2.28. The summed E-state index contributed by atoms with van der Waals surface area (Å²) in [6.45, 7) is 6.82. The number of aryl methyl sites for hydroxylation is 1. The molecule has 2 aromatic carbocycles. The number of benzene rings is 2. The van der Waals surface area contributed by atoms with Gasteiger partial charge >= 0.3 is 0 Å². The molecular weight excluding hydrogens is 292 g/mol. The Morgan fingerprint density at radius 3 is 2.64 bits per heavy atom. The maximum atomic E-state index is 5.68. The topological polar surface area (TPSA) is 33.3 Å². The summed E-state index contributed by atoms with van der Waals surface area (Å²) in [5, 5.41) is 7.02. The number of rotatable bonds is 5. The average Bonchev–Trinajstić information content (AvgIpc) is 2.46. The second-order valence-electron chi connectivity index (χ2n) is 5.43. The van der Waals surface area contributed by atoms with Crippen LogP contribution in [0.2, 0.25) is 0 Å². The van der Waals surface area contributed by atoms with Gasteiger partial charge in [0.2, 0.25) is 0 Å². The molecule has 0 radical (unpaired) electrons. The molecule has 2 aromatic rings. The van der Waals surface area contributed by atoms with Gasteiger partial charge in [-0.1, -0.05) is 30.3 Å². The maximum absolute atomic E-state index is 5.68. The molecule has 0 atom stereocenters. The molecule has 0 amide bonds. The second kappa shape index (κ2) is 7.80. The van der Waals surface area contributed by atoms with Gasteiger partial charge in [0.25, 0.3) is 0 Å². The van der Waals surface area contributed by atoms with Gasteiger partial charge in [0.1, 0.15) is 5.75 Å². The van der Waals surface area contributed by atoms with Crippen molar-refractivity contribution < 1.29 is 4.74 Å². The molecule has 3 nitrogen and oxygen atoms in total. The highest BCUT2D eigenvalue weighted by Gasteiger charge is 2.02. The molecule has 0 aliphatic rings. The van der Waals surface area contributed by atoms with Crippen LogP contribution in [0.3, 0.4) is 0 Å². The van der Waals surface area contributed by atoms with E-state index in [2.05, 4.69) is 29.7 Å². The second-order valence-corrected chi connectivity index (χ2v) is 5.84. The van der Waals surface area contributed by atoms with Crippen molar-refractivity contribution in [2.75, 3.05) is 5.32 Å². The first-order valence-corrected chi connectivity index (χ1v) is 7.81. The minimum absolute atomic E-state index is 0.154. The summed E-state index contributed by atoms with van der Waals surface area (Å²) < 4.78 is 5.68. The molecule has 0 unspecified atom stereocenters. The lowest BCUT2D eigenvalue weighted by molar-refractivity contribution is 0.242. The molecule has 0 spiro atoms. The van der Waals surface area contributed by atoms with Gasteiger partial charge in [-0.3, -0.25) is 0 Å². The number of ether oxygens (including phenoxy) is 1. The van der Waals surface area contributed by atoms with Crippen molar-refractivity contribution in [3.63, 3.8) is 0 Å². The van der Waals surface area contributed by atoms with E-state index in [1.165, 1.54) is 11.1 Å². The van der Waals surface area contributed by atoms with Crippen molar-refractivity contribution in [1.29, 1.82) is 0 Å². The van der Waals surface area contributed by atoms with Gasteiger partial charge in [0.15, 0.2) is 5.11 Å². The van der Waals surface area contributed by atoms with Gasteiger partial charge in [0, 0.05) is 18.3 Å². The summed E-state index contributed by atoms with van der Waals surface area (Å²) in [7, 11) is 0. The van der Waals surface area contributed by atoms with Gasteiger partial charge in [0.05, 0.1) is 6.10 Å². The van der Waals surface area contributed by atoms with Crippen molar-refractivity contribution in [1.82, 2.24) is 5.32 Å². The molecule has 0 aliphatic heterocycles. The predicted octanol–water partition coefficient (Wildman–Crippen LogP) is 4.27. The molecule has 4 heteroatoms. The Kier molecular flexibility index (Phi) is 5.78. The minimum atomic E-state index is 0.154. The molecule has 116 valence electrons. The lowest BCUT2D eigenvalue weighted by atomic mass is 10.1. The maximum Gasteiger partial charge on any atom is 0.171 e. The van der Waals surface area contributed by atoms with Crippen LogP contribution in [0.4, 0.5) is 5.69 Å². The zero-order chi connectivity index (χ0) is 15.9. The molecule has 0 saturated carbocycles. The fraction of sp³-hybridized carbons (Fsp3) is 0.278. The van der Waals surface area contributed by atoms with Crippen LogP contribution >= 0.6 is 12.2 Å². The van der Waals surface area contributed by atoms with Crippen LogP contribution in [-0.4, -0.2) is 11.2 Å². The first-order valence-electron chi connectivity index (χ1n) is 7.40. The SMILES string of the molecule is Cc1ccccc1CNC(=S)Nc1cccc(OC(C)C)c1. The summed E-state index contributed by atoms with van der Waals surface area (Å²) in [5.41, 5.74) is 3.41. The molecule has 0 aromatic heterocycles. The van der Waals surface area contributed by atoms with E-state index in [4.69, 9.17) is 17.0 Å². The van der Waals surface area contributed by atoms with Gasteiger partial charge in [-0.15, -0.1) is 0 Å². The fourth-order valence-electron chi connectivity index (χ4n) is 2.08. The summed E-state index contributed by atoms with van der Waals surface area (Å²) >= 11 is 5.35. The van der Waals surface area contributed by atoms with Crippen LogP contribution in [0.25, 0.3) is 0 Å². The smallest absolute Gasteiger partial charge is 0.171 e. The standard InChI is InChI=1S/C18H22N2OS/c1-13(2)21-17-10-6-9-16(11-17)20-18(22)19-12-15-8-5-4-7-14(15)3/h4-11,13H,12H2,1-3H3,(H2,19,20,22). The van der Waals surface area contributed by atoms with Crippen LogP contribution in [0.5, 0.6) is 5.75 Å². The van der Waals surface area contributed by atoms with Crippen LogP contribution in [0.15, 0.2) is 48.5 Å². The van der Waals surface area contributed by atoms with Crippen LogP contribution in [0, 0.1) is 6.92 Å². The number of thiocarbonyl (C=S) groups is 1. The van der Waals surface area contributed by atoms with E-state index in [9.17, 15) is 0 Å². The molecule has 22 heavy (non-hydrogen) atoms. The zero-order valence-electron chi connectivity index (χ0n) is 13.2. The molecule has 2 rings (SSSR count). The molecular formula is C18H22N2OS. The van der Waals surface area contributed by atoms with Gasteiger partial charge < -0.3 is 15.4 Å². The third-order valence-corrected chi connectivity index (χ3v) is 3.41. The van der Waals surface area contributed by atoms with Gasteiger partial charge in [-0.05, 0) is 56.2 Å². The van der Waals surface area contributed by atoms with Crippen LogP contribution in [-0.2, 0) is 6.54 Å². The van der Waals surface area contributed by atoms with E-state index < -0.39 is 0 Å². The van der Waals surface area contributed by atoms with Crippen LogP contribution < -0.4 is 15.4 Å². The largest absolute Gasteiger partial charge is 0.491 e. The number of hydrogen-bond acceptors (Lipinski definition) is 2. The molecule has 0 fully saturated rings. The van der Waals surface area contributed by atoms with E-state index in [-0.39, 0.29) is 6.10 Å². The first-order chi connectivity index (χ1) is 10.5. The van der Waals surface area contributed by atoms with E-state index in [0.717, 1.165) is 11.4 Å². The Hall–Kier alpha value is -2.07. The monoisotopic (exact) mass is 314 g/mol. The molecule has 0 saturated heterocycles. The minimum Gasteiger partial charge on any atom is -0.491 e. The average molecular weight is 314 g/mol. The normalized spacial score (nSPS) is 10.4. The Balaban J connectivity index is 1.91. The van der Waals surface area contributed by atoms with Crippen molar-refractivity contribution in [2.45, 2.75) is 33.4 Å². The van der Waals surface area contributed by atoms with Crippen molar-refractivity contribution in [3.8, 4) is 5.75 Å². The van der Waals surface area contributed by atoms with Crippen molar-refractivity contribution >= 4 is 23.0 Å². The van der Waals surface area contributed by atoms with Crippen LogP contribution in [0.1, 0.15) is 25.0 Å². The van der Waals surface area contributed by atoms with Crippen molar-refractivity contribution in [2.24, 2.45) is 0 Å². The van der Waals surface area contributed by atoms with E-state index in [0.29, 0.717) is 11.7 Å². The summed E-state index contributed by atoms with van der Waals surface area (Å²) in [6.07, 6.45) is 0.154. The highest BCUT2D eigenvalue weighted by molar-refractivity contribution is 7.80. The highest BCUT2D eigenvalue weighted by atomic mass is 32.1. The number of hydrogen-bond donors (Lipinski definition) is 2. The Morgan fingerprint density at radius 2 is 1.91 bits per heavy atom. The third-order valence-electron chi connectivity index (χ3n) is 3.16. The number of nitrogens with one attached hydrogen (secondary N) is 2. The van der Waals surface area contributed by atoms with E-state index in [1.807, 2.05) is 50.2 Å². The quantitative estimate of drug-likeness (QED) is 0.808. The lowest BCUT2D eigenvalue weighted by Gasteiger charge is -2.14. The predicted molar refractivity (Wildman–Crippen MR) is 96.4 cm³/mol. The summed E-state index contributed by atoms with van der Waals surface area (Å²) in [5.74, 6) is 0.835. The Labute approximate surface area is 137 Å². The zero-order valence-corrected chi connectivity index (χ0v) is 14.0. The highest BCUT2D eigenvalue weighted by Crippen LogP contribution is 2.18. The Bertz CT molecular complexity index is 640. The fourth-order valence-corrected chi connectivity index (χ4v) is 2.27. The summed E-state index contributed by atoms with van der Waals surface area (Å²) in [4.78, 5) is 0. The van der Waals surface area contributed by atoms with E-state index in [1.54, 1.807) is 0 Å². The number of anilines is 1. The summed E-state index contributed by atoms with van der Waals surface area (Å²) in [6, 6.07) is 16.1. The molecule has 0 heterocycles. The van der Waals surface area contributed by atoms with E-state index >= 15 is 0 Å². The third kappa shape index (κ3) is 5.04. The molecule has 0 bridgehead atoms. The van der Waals surface area contributed by atoms with Gasteiger partial charge in [-0.25, -0.2) is 0 Å². The van der Waals surface area contributed by atoms with Crippen molar-refractivity contribution in [3.05, 3.63) is 59.7 Å². The molecule has 0 aliphatic carbocycles. The molecule has 2 N–H and O–H groups in total. The Morgan fingerprint density at radius 1 is 1.14 bits per heavy atom. The van der Waals surface area contributed by atoms with Gasteiger partial charge in [-0.2, -0.15) is 0 Å².